The maximum Gasteiger partial charge on any atom is 0.335 e. The number of carboxylic acid groups (broad SMARTS) is 1. The monoisotopic (exact) mass is 276 g/mol. The molecule has 0 radical (unpaired) electrons. The van der Waals surface area contributed by atoms with E-state index in [9.17, 15) is 4.79 Å². The smallest absolute Gasteiger partial charge is 0.335 e. The van der Waals surface area contributed by atoms with E-state index in [4.69, 9.17) is 5.11 Å². The standard InChI is InChI=1S/C16H24N2O2/c1-12-9-14(16(19)20)5-6-15(12)11-18-8-4-7-17(3)10-13(18)2/h5-6,9,13H,4,7-8,10-11H2,1-3H3,(H,19,20). The van der Waals surface area contributed by atoms with Crippen molar-refractivity contribution in [2.24, 2.45) is 0 Å². The van der Waals surface area contributed by atoms with Crippen molar-refractivity contribution in [2.75, 3.05) is 26.7 Å². The molecule has 1 saturated heterocycles. The lowest BCUT2D eigenvalue weighted by molar-refractivity contribution is 0.0696. The Kier molecular flexibility index (Phi) is 4.78. The van der Waals surface area contributed by atoms with E-state index in [1.165, 1.54) is 12.0 Å². The predicted octanol–water partition coefficient (Wildman–Crippen LogP) is 2.22. The van der Waals surface area contributed by atoms with Crippen molar-refractivity contribution in [1.29, 1.82) is 0 Å². The second kappa shape index (κ2) is 6.37. The number of benzene rings is 1. The Morgan fingerprint density at radius 3 is 2.80 bits per heavy atom. The number of aryl methyl sites for hydroxylation is 1. The summed E-state index contributed by atoms with van der Waals surface area (Å²) in [6, 6.07) is 5.96. The summed E-state index contributed by atoms with van der Waals surface area (Å²) < 4.78 is 0. The summed E-state index contributed by atoms with van der Waals surface area (Å²) in [5.41, 5.74) is 2.66. The molecule has 1 N–H and O–H groups in total. The topological polar surface area (TPSA) is 43.8 Å². The van der Waals surface area contributed by atoms with Crippen molar-refractivity contribution in [3.8, 4) is 0 Å². The summed E-state index contributed by atoms with van der Waals surface area (Å²) in [7, 11) is 2.17. The molecule has 1 atom stereocenters. The van der Waals surface area contributed by atoms with E-state index in [1.807, 2.05) is 13.0 Å². The van der Waals surface area contributed by atoms with Crippen molar-refractivity contribution in [1.82, 2.24) is 9.80 Å². The van der Waals surface area contributed by atoms with Gasteiger partial charge in [0.2, 0.25) is 0 Å². The number of carbonyl (C=O) groups is 1. The number of carboxylic acids is 1. The summed E-state index contributed by atoms with van der Waals surface area (Å²) >= 11 is 0. The van der Waals surface area contributed by atoms with Crippen molar-refractivity contribution in [3.05, 3.63) is 34.9 Å². The number of hydrogen-bond acceptors (Lipinski definition) is 3. The highest BCUT2D eigenvalue weighted by Crippen LogP contribution is 2.17. The quantitative estimate of drug-likeness (QED) is 0.919. The highest BCUT2D eigenvalue weighted by atomic mass is 16.4. The second-order valence-electron chi connectivity index (χ2n) is 5.88. The van der Waals surface area contributed by atoms with Crippen molar-refractivity contribution in [3.63, 3.8) is 0 Å². The van der Waals surface area contributed by atoms with E-state index >= 15 is 0 Å². The molecule has 20 heavy (non-hydrogen) atoms. The summed E-state index contributed by atoms with van der Waals surface area (Å²) in [5, 5.41) is 9.01. The largest absolute Gasteiger partial charge is 0.478 e. The highest BCUT2D eigenvalue weighted by Gasteiger charge is 2.20. The maximum absolute atomic E-state index is 11.0. The first kappa shape index (κ1) is 15.0. The van der Waals surface area contributed by atoms with Crippen LogP contribution >= 0.6 is 0 Å². The van der Waals surface area contributed by atoms with Crippen molar-refractivity contribution < 1.29 is 9.90 Å². The fourth-order valence-corrected chi connectivity index (χ4v) is 2.88. The van der Waals surface area contributed by atoms with Gasteiger partial charge in [0.25, 0.3) is 0 Å². The van der Waals surface area contributed by atoms with E-state index in [1.54, 1.807) is 12.1 Å². The fraction of sp³-hybridized carbons (Fsp3) is 0.562. The molecule has 110 valence electrons. The Bertz CT molecular complexity index is 487. The Labute approximate surface area is 121 Å². The van der Waals surface area contributed by atoms with Crippen LogP contribution in [0.4, 0.5) is 0 Å². The Morgan fingerprint density at radius 1 is 1.40 bits per heavy atom. The third kappa shape index (κ3) is 3.58. The van der Waals surface area contributed by atoms with Crippen LogP contribution in [0.25, 0.3) is 0 Å². The first-order valence-electron chi connectivity index (χ1n) is 7.23. The molecule has 1 aliphatic rings. The molecule has 1 aromatic rings. The fourth-order valence-electron chi connectivity index (χ4n) is 2.88. The molecule has 1 fully saturated rings. The van der Waals surface area contributed by atoms with E-state index in [0.29, 0.717) is 11.6 Å². The molecular formula is C16H24N2O2. The highest BCUT2D eigenvalue weighted by molar-refractivity contribution is 5.87. The number of nitrogens with zero attached hydrogens (tertiary/aromatic N) is 2. The number of hydrogen-bond donors (Lipinski definition) is 1. The maximum atomic E-state index is 11.0. The van der Waals surface area contributed by atoms with E-state index < -0.39 is 5.97 Å². The van der Waals surface area contributed by atoms with Crippen molar-refractivity contribution in [2.45, 2.75) is 32.9 Å². The molecule has 0 amide bonds. The van der Waals surface area contributed by atoms with Crippen LogP contribution in [0.5, 0.6) is 0 Å². The molecule has 0 saturated carbocycles. The zero-order chi connectivity index (χ0) is 14.7. The van der Waals surface area contributed by atoms with Gasteiger partial charge < -0.3 is 10.0 Å². The zero-order valence-electron chi connectivity index (χ0n) is 12.6. The third-order valence-corrected chi connectivity index (χ3v) is 4.15. The molecule has 0 aliphatic carbocycles. The SMILES string of the molecule is Cc1cc(C(=O)O)ccc1CN1CCCN(C)CC1C. The first-order chi connectivity index (χ1) is 9.47. The molecule has 1 heterocycles. The van der Waals surface area contributed by atoms with Crippen LogP contribution in [0, 0.1) is 6.92 Å². The van der Waals surface area contributed by atoms with E-state index in [-0.39, 0.29) is 0 Å². The summed E-state index contributed by atoms with van der Waals surface area (Å²) in [5.74, 6) is -0.857. The van der Waals surface area contributed by atoms with Crippen LogP contribution in [-0.4, -0.2) is 53.6 Å². The number of rotatable bonds is 3. The molecular weight excluding hydrogens is 252 g/mol. The normalized spacial score (nSPS) is 21.6. The van der Waals surface area contributed by atoms with Gasteiger partial charge in [-0.05, 0) is 57.1 Å². The molecule has 4 heteroatoms. The third-order valence-electron chi connectivity index (χ3n) is 4.15. The lowest BCUT2D eigenvalue weighted by Crippen LogP contribution is -2.37. The molecule has 1 aromatic carbocycles. The van der Waals surface area contributed by atoms with Gasteiger partial charge in [-0.25, -0.2) is 4.79 Å². The average Bonchev–Trinajstić information content (AvgIpc) is 2.53. The summed E-state index contributed by atoms with van der Waals surface area (Å²) in [6.45, 7) is 8.51. The minimum Gasteiger partial charge on any atom is -0.478 e. The van der Waals surface area contributed by atoms with Gasteiger partial charge in [0.15, 0.2) is 0 Å². The van der Waals surface area contributed by atoms with Gasteiger partial charge in [-0.3, -0.25) is 4.90 Å². The average molecular weight is 276 g/mol. The van der Waals surface area contributed by atoms with Crippen LogP contribution < -0.4 is 0 Å². The van der Waals surface area contributed by atoms with Gasteiger partial charge in [0.05, 0.1) is 5.56 Å². The van der Waals surface area contributed by atoms with Crippen LogP contribution in [0.2, 0.25) is 0 Å². The first-order valence-corrected chi connectivity index (χ1v) is 7.23. The van der Waals surface area contributed by atoms with Gasteiger partial charge in [-0.1, -0.05) is 6.07 Å². The van der Waals surface area contributed by atoms with Crippen LogP contribution in [0.1, 0.15) is 34.8 Å². The number of likely N-dealkylation sites (N-methyl/N-ethyl adjacent to an activating group) is 1. The van der Waals surface area contributed by atoms with Gasteiger partial charge in [0.1, 0.15) is 0 Å². The molecule has 0 spiro atoms. The molecule has 0 bridgehead atoms. The summed E-state index contributed by atoms with van der Waals surface area (Å²) in [4.78, 5) is 15.8. The lowest BCUT2D eigenvalue weighted by atomic mass is 10.0. The van der Waals surface area contributed by atoms with Gasteiger partial charge in [-0.15, -0.1) is 0 Å². The minimum absolute atomic E-state index is 0.370. The number of aromatic carboxylic acids is 1. The van der Waals surface area contributed by atoms with Crippen LogP contribution in [0.3, 0.4) is 0 Å². The van der Waals surface area contributed by atoms with Crippen LogP contribution in [-0.2, 0) is 6.54 Å². The van der Waals surface area contributed by atoms with Gasteiger partial charge >= 0.3 is 5.97 Å². The predicted molar refractivity (Wildman–Crippen MR) is 80.1 cm³/mol. The van der Waals surface area contributed by atoms with Crippen molar-refractivity contribution >= 4 is 5.97 Å². The molecule has 1 aliphatic heterocycles. The van der Waals surface area contributed by atoms with Crippen LogP contribution in [0.15, 0.2) is 18.2 Å². The molecule has 1 unspecified atom stereocenters. The van der Waals surface area contributed by atoms with E-state index in [0.717, 1.165) is 31.7 Å². The Morgan fingerprint density at radius 2 is 2.15 bits per heavy atom. The second-order valence-corrected chi connectivity index (χ2v) is 5.88. The molecule has 4 nitrogen and oxygen atoms in total. The van der Waals surface area contributed by atoms with E-state index in [2.05, 4.69) is 23.8 Å². The molecule has 0 aromatic heterocycles. The Balaban J connectivity index is 2.11. The lowest BCUT2D eigenvalue weighted by Gasteiger charge is -2.28. The van der Waals surface area contributed by atoms with Gasteiger partial charge in [-0.2, -0.15) is 0 Å². The minimum atomic E-state index is -0.857. The Hall–Kier alpha value is -1.39. The van der Waals surface area contributed by atoms with Gasteiger partial charge in [0, 0.05) is 25.7 Å². The summed E-state index contributed by atoms with van der Waals surface area (Å²) in [6.07, 6.45) is 1.19. The zero-order valence-corrected chi connectivity index (χ0v) is 12.6. The molecule has 2 rings (SSSR count).